The van der Waals surface area contributed by atoms with Gasteiger partial charge in [0.1, 0.15) is 6.61 Å². The molecule has 2 aliphatic rings. The molecular weight excluding hydrogens is 401 g/mol. The minimum absolute atomic E-state index is 0.0108. The largest absolute Gasteiger partial charge is 0.448 e. The van der Waals surface area contributed by atoms with Crippen molar-refractivity contribution in [3.05, 3.63) is 82.5 Å². The van der Waals surface area contributed by atoms with Crippen LogP contribution in [0.5, 0.6) is 0 Å². The van der Waals surface area contributed by atoms with Crippen LogP contribution in [0.2, 0.25) is 0 Å². The van der Waals surface area contributed by atoms with Gasteiger partial charge in [-0.05, 0) is 56.9 Å². The topological polar surface area (TPSA) is 63.7 Å². The molecule has 0 saturated carbocycles. The molecule has 2 aromatic carbocycles. The highest BCUT2D eigenvalue weighted by molar-refractivity contribution is 6.69. The van der Waals surface area contributed by atoms with Crippen molar-refractivity contribution in [1.82, 2.24) is 4.90 Å². The second kappa shape index (κ2) is 7.16. The maximum atomic E-state index is 12.6. The summed E-state index contributed by atoms with van der Waals surface area (Å²) in [4.78, 5) is 36.4. The minimum Gasteiger partial charge on any atom is -0.448 e. The molecule has 1 amide bonds. The van der Waals surface area contributed by atoms with Gasteiger partial charge in [0.2, 0.25) is 0 Å². The van der Waals surface area contributed by atoms with Gasteiger partial charge in [-0.2, -0.15) is 0 Å². The maximum Gasteiger partial charge on any atom is 0.420 e. The Hall–Kier alpha value is -3.07. The highest BCUT2D eigenvalue weighted by Gasteiger charge is 2.35. The first kappa shape index (κ1) is 18.3. The molecule has 0 saturated heterocycles. The molecule has 7 heteroatoms. The fraction of sp³-hybridized carbons (Fsp3) is 0.0952. The minimum atomic E-state index is -0.978. The normalized spacial score (nSPS) is 14.3. The van der Waals surface area contributed by atoms with E-state index in [0.717, 1.165) is 22.3 Å². The fourth-order valence-electron chi connectivity index (χ4n) is 3.46. The number of ether oxygens (including phenoxy) is 1. The predicted molar refractivity (Wildman–Crippen MR) is 103 cm³/mol. The molecule has 1 aliphatic carbocycles. The zero-order valence-electron chi connectivity index (χ0n) is 14.2. The lowest BCUT2D eigenvalue weighted by atomic mass is 9.98. The molecular formula is C21H11Cl2NO4. The summed E-state index contributed by atoms with van der Waals surface area (Å²) in [5, 5.41) is -1.96. The van der Waals surface area contributed by atoms with Crippen molar-refractivity contribution in [1.29, 1.82) is 0 Å². The molecule has 1 aliphatic heterocycles. The zero-order valence-corrected chi connectivity index (χ0v) is 15.8. The standard InChI is InChI=1S/C21H11Cl2NO4/c22-19(25)17-9-10-18(20(23)26)24(17)21(27)28-11-16-14-7-3-1-5-12(14)13-6-2-4-8-15(13)16/h1-8,16H,11H2. The average molecular weight is 412 g/mol. The van der Waals surface area contributed by atoms with Gasteiger partial charge >= 0.3 is 6.09 Å². The van der Waals surface area contributed by atoms with Crippen LogP contribution in [0.15, 0.2) is 71.4 Å². The van der Waals surface area contributed by atoms with Crippen LogP contribution in [0, 0.1) is 0 Å². The molecule has 138 valence electrons. The summed E-state index contributed by atoms with van der Waals surface area (Å²) >= 11 is 10.9. The third kappa shape index (κ3) is 2.97. The number of benzene rings is 2. The fourth-order valence-corrected chi connectivity index (χ4v) is 3.72. The molecule has 0 spiro atoms. The van der Waals surface area contributed by atoms with E-state index < -0.39 is 16.6 Å². The third-order valence-electron chi connectivity index (χ3n) is 4.64. The summed E-state index contributed by atoms with van der Waals surface area (Å²) in [5.41, 5.74) is 8.20. The van der Waals surface area contributed by atoms with Gasteiger partial charge in [-0.3, -0.25) is 9.59 Å². The Morgan fingerprint density at radius 2 is 1.32 bits per heavy atom. The van der Waals surface area contributed by atoms with E-state index in [1.165, 1.54) is 0 Å². The molecule has 0 atom stereocenters. The van der Waals surface area contributed by atoms with E-state index in [9.17, 15) is 14.4 Å². The number of halogens is 2. The van der Waals surface area contributed by atoms with Crippen LogP contribution in [0.1, 0.15) is 17.0 Å². The van der Waals surface area contributed by atoms with E-state index >= 15 is 0 Å². The van der Waals surface area contributed by atoms with Gasteiger partial charge in [0.15, 0.2) is 11.4 Å². The molecule has 0 aromatic heterocycles. The predicted octanol–water partition coefficient (Wildman–Crippen LogP) is 4.30. The summed E-state index contributed by atoms with van der Waals surface area (Å²) in [6.07, 6.45) is -0.952. The zero-order chi connectivity index (χ0) is 19.8. The molecule has 2 aromatic rings. The van der Waals surface area contributed by atoms with E-state index in [1.54, 1.807) is 0 Å². The monoisotopic (exact) mass is 411 g/mol. The van der Waals surface area contributed by atoms with Crippen molar-refractivity contribution in [2.24, 2.45) is 0 Å². The molecule has 0 unspecified atom stereocenters. The van der Waals surface area contributed by atoms with Crippen LogP contribution in [-0.4, -0.2) is 28.1 Å². The number of carbonyl (C=O) groups is 3. The summed E-state index contributed by atoms with van der Waals surface area (Å²) in [6, 6.07) is 15.7. The Balaban J connectivity index is 1.59. The van der Waals surface area contributed by atoms with Crippen LogP contribution in [0.4, 0.5) is 4.79 Å². The average Bonchev–Trinajstić information content (AvgIpc) is 3.27. The summed E-state index contributed by atoms with van der Waals surface area (Å²) in [5.74, 6) is -0.176. The number of fused-ring (bicyclic) bond motifs is 3. The lowest BCUT2D eigenvalue weighted by molar-refractivity contribution is -0.110. The molecule has 0 radical (unpaired) electrons. The van der Waals surface area contributed by atoms with E-state index in [-0.39, 0.29) is 23.9 Å². The summed E-state index contributed by atoms with van der Waals surface area (Å²) in [6.45, 7) is 0.0108. The highest BCUT2D eigenvalue weighted by Crippen LogP contribution is 2.44. The van der Waals surface area contributed by atoms with Crippen molar-refractivity contribution >= 4 is 39.8 Å². The second-order valence-electron chi connectivity index (χ2n) is 6.13. The molecule has 0 bridgehead atoms. The van der Waals surface area contributed by atoms with Crippen molar-refractivity contribution in [3.63, 3.8) is 0 Å². The van der Waals surface area contributed by atoms with Crippen molar-refractivity contribution < 1.29 is 19.1 Å². The first-order valence-electron chi connectivity index (χ1n) is 8.29. The Morgan fingerprint density at radius 1 is 0.857 bits per heavy atom. The Labute approximate surface area is 170 Å². The molecule has 4 rings (SSSR count). The number of rotatable bonds is 4. The van der Waals surface area contributed by atoms with Gasteiger partial charge in [-0.15, -0.1) is 0 Å². The number of nitrogens with zero attached hydrogens (tertiary/aromatic N) is 1. The van der Waals surface area contributed by atoms with E-state index in [2.05, 4.69) is 11.5 Å². The Morgan fingerprint density at radius 3 is 1.79 bits per heavy atom. The summed E-state index contributed by atoms with van der Waals surface area (Å²) < 4.78 is 5.43. The van der Waals surface area contributed by atoms with Gasteiger partial charge in [0.25, 0.3) is 10.5 Å². The first-order valence-corrected chi connectivity index (χ1v) is 9.05. The third-order valence-corrected chi connectivity index (χ3v) is 5.00. The van der Waals surface area contributed by atoms with E-state index in [4.69, 9.17) is 27.9 Å². The van der Waals surface area contributed by atoms with Crippen LogP contribution in [-0.2, 0) is 14.3 Å². The van der Waals surface area contributed by atoms with Gasteiger partial charge in [-0.1, -0.05) is 48.5 Å². The summed E-state index contributed by atoms with van der Waals surface area (Å²) in [7, 11) is 0. The number of amides is 1. The molecule has 1 heterocycles. The van der Waals surface area contributed by atoms with Crippen molar-refractivity contribution in [2.75, 3.05) is 6.61 Å². The smallest absolute Gasteiger partial charge is 0.420 e. The van der Waals surface area contributed by atoms with E-state index in [0.29, 0.717) is 4.90 Å². The van der Waals surface area contributed by atoms with Crippen molar-refractivity contribution in [2.45, 2.75) is 5.92 Å². The Kier molecular flexibility index (Phi) is 4.68. The van der Waals surface area contributed by atoms with Crippen LogP contribution in [0.25, 0.3) is 11.1 Å². The lowest BCUT2D eigenvalue weighted by Gasteiger charge is -2.20. The number of hydrogen-bond donors (Lipinski definition) is 0. The molecule has 5 nitrogen and oxygen atoms in total. The van der Waals surface area contributed by atoms with Crippen LogP contribution >= 0.6 is 23.2 Å². The van der Waals surface area contributed by atoms with Gasteiger partial charge < -0.3 is 4.74 Å². The van der Waals surface area contributed by atoms with Gasteiger partial charge in [0.05, 0.1) is 0 Å². The first-order chi connectivity index (χ1) is 13.5. The number of carbonyl (C=O) groups excluding carboxylic acids is 3. The lowest BCUT2D eigenvalue weighted by Crippen LogP contribution is -2.33. The molecule has 0 N–H and O–H groups in total. The quantitative estimate of drug-likeness (QED) is 0.555. The van der Waals surface area contributed by atoms with Crippen LogP contribution in [0.3, 0.4) is 0 Å². The SMILES string of the molecule is O=C(Cl)C1=C=C=C(C(=O)Cl)N1C(=O)OCC1c2ccccc2-c2ccccc21. The molecule has 0 fully saturated rings. The second-order valence-corrected chi connectivity index (χ2v) is 6.82. The van der Waals surface area contributed by atoms with Crippen molar-refractivity contribution in [3.8, 4) is 11.1 Å². The maximum absolute atomic E-state index is 12.6. The highest BCUT2D eigenvalue weighted by atomic mass is 35.5. The number of allylic oxidation sites excluding steroid dienone is 2. The van der Waals surface area contributed by atoms with E-state index in [1.807, 2.05) is 48.5 Å². The van der Waals surface area contributed by atoms with Gasteiger partial charge in [0, 0.05) is 5.92 Å². The van der Waals surface area contributed by atoms with Crippen LogP contribution < -0.4 is 0 Å². The molecule has 28 heavy (non-hydrogen) atoms. The number of hydrogen-bond acceptors (Lipinski definition) is 4. The van der Waals surface area contributed by atoms with Gasteiger partial charge in [-0.25, -0.2) is 9.69 Å². The Bertz CT molecular complexity index is 1060.